The van der Waals surface area contributed by atoms with Crippen LogP contribution in [0.3, 0.4) is 0 Å². The zero-order valence-corrected chi connectivity index (χ0v) is 20.3. The van der Waals surface area contributed by atoms with Crippen molar-refractivity contribution < 1.29 is 32.2 Å². The summed E-state index contributed by atoms with van der Waals surface area (Å²) < 4.78 is 49.4. The summed E-state index contributed by atoms with van der Waals surface area (Å²) in [4.78, 5) is 33.2. The Morgan fingerprint density at radius 1 is 1.00 bits per heavy atom. The van der Waals surface area contributed by atoms with E-state index in [0.29, 0.717) is 48.9 Å². The van der Waals surface area contributed by atoms with Gasteiger partial charge in [0.2, 0.25) is 0 Å². The van der Waals surface area contributed by atoms with Gasteiger partial charge in [0.25, 0.3) is 11.8 Å². The summed E-state index contributed by atoms with van der Waals surface area (Å²) in [6.45, 7) is 1.44. The third-order valence-electron chi connectivity index (χ3n) is 5.66. The van der Waals surface area contributed by atoms with Gasteiger partial charge in [-0.3, -0.25) is 14.9 Å². The SMILES string of the molecule is COc1cc(OC)cc(C(=O)Nc2nc(C(=O)N3CCN(c4cccc(C(F)(F)F)c4)CC3)cs2)c1. The van der Waals surface area contributed by atoms with Crippen molar-refractivity contribution in [3.8, 4) is 11.5 Å². The quantitative estimate of drug-likeness (QED) is 0.519. The highest BCUT2D eigenvalue weighted by Crippen LogP contribution is 2.32. The smallest absolute Gasteiger partial charge is 0.416 e. The molecule has 1 saturated heterocycles. The van der Waals surface area contributed by atoms with E-state index in [1.54, 1.807) is 34.5 Å². The van der Waals surface area contributed by atoms with Crippen molar-refractivity contribution in [2.24, 2.45) is 0 Å². The number of anilines is 2. The average molecular weight is 521 g/mol. The number of amides is 2. The normalized spacial score (nSPS) is 13.9. The summed E-state index contributed by atoms with van der Waals surface area (Å²) in [6.07, 6.45) is -4.41. The molecule has 1 fully saturated rings. The van der Waals surface area contributed by atoms with Crippen LogP contribution in [0.5, 0.6) is 11.5 Å². The maximum atomic E-state index is 13.0. The van der Waals surface area contributed by atoms with E-state index < -0.39 is 17.6 Å². The summed E-state index contributed by atoms with van der Waals surface area (Å²) in [5.74, 6) is 0.173. The minimum Gasteiger partial charge on any atom is -0.497 e. The van der Waals surface area contributed by atoms with Crippen LogP contribution >= 0.6 is 11.3 Å². The maximum Gasteiger partial charge on any atom is 0.416 e. The highest BCUT2D eigenvalue weighted by atomic mass is 32.1. The van der Waals surface area contributed by atoms with Crippen LogP contribution in [0.25, 0.3) is 0 Å². The van der Waals surface area contributed by atoms with E-state index in [2.05, 4.69) is 10.3 Å². The second kappa shape index (κ2) is 10.4. The Morgan fingerprint density at radius 3 is 2.28 bits per heavy atom. The van der Waals surface area contributed by atoms with Crippen molar-refractivity contribution in [1.29, 1.82) is 0 Å². The zero-order valence-electron chi connectivity index (χ0n) is 19.5. The molecule has 0 saturated carbocycles. The molecule has 0 unspecified atom stereocenters. The van der Waals surface area contributed by atoms with E-state index in [-0.39, 0.29) is 16.7 Å². The fraction of sp³-hybridized carbons (Fsp3) is 0.292. The zero-order chi connectivity index (χ0) is 25.9. The van der Waals surface area contributed by atoms with Gasteiger partial charge in [0, 0.05) is 48.9 Å². The molecular weight excluding hydrogens is 497 g/mol. The number of nitrogens with one attached hydrogen (secondary N) is 1. The van der Waals surface area contributed by atoms with Crippen molar-refractivity contribution in [2.75, 3.05) is 50.6 Å². The van der Waals surface area contributed by atoms with Crippen molar-refractivity contribution in [1.82, 2.24) is 9.88 Å². The molecular formula is C24H23F3N4O4S. The fourth-order valence-corrected chi connectivity index (χ4v) is 4.43. The van der Waals surface area contributed by atoms with Crippen LogP contribution in [0.1, 0.15) is 26.4 Å². The van der Waals surface area contributed by atoms with Gasteiger partial charge in [0.1, 0.15) is 17.2 Å². The molecule has 2 amide bonds. The summed E-state index contributed by atoms with van der Waals surface area (Å²) >= 11 is 1.12. The number of halogens is 3. The standard InChI is InChI=1S/C24H23F3N4O4S/c1-34-18-10-15(11-19(13-18)35-2)21(32)29-23-28-20(14-36-23)22(33)31-8-6-30(7-9-31)17-5-3-4-16(12-17)24(25,26)27/h3-5,10-14H,6-9H2,1-2H3,(H,28,29,32). The number of alkyl halides is 3. The molecule has 0 aliphatic carbocycles. The monoisotopic (exact) mass is 520 g/mol. The molecule has 3 aromatic rings. The third kappa shape index (κ3) is 5.70. The molecule has 8 nitrogen and oxygen atoms in total. The van der Waals surface area contributed by atoms with Gasteiger partial charge in [-0.15, -0.1) is 11.3 Å². The number of aromatic nitrogens is 1. The summed E-state index contributed by atoms with van der Waals surface area (Å²) in [5.41, 5.74) is 0.249. The molecule has 2 aromatic carbocycles. The molecule has 0 radical (unpaired) electrons. The Kier molecular flexibility index (Phi) is 7.34. The molecule has 1 aromatic heterocycles. The van der Waals surface area contributed by atoms with Crippen LogP contribution < -0.4 is 19.7 Å². The van der Waals surface area contributed by atoms with Crippen molar-refractivity contribution in [3.63, 3.8) is 0 Å². The molecule has 0 atom stereocenters. The van der Waals surface area contributed by atoms with Gasteiger partial charge in [0.15, 0.2) is 5.13 Å². The lowest BCUT2D eigenvalue weighted by atomic mass is 10.1. The molecule has 1 aliphatic rings. The van der Waals surface area contributed by atoms with Crippen LogP contribution in [0.4, 0.5) is 24.0 Å². The van der Waals surface area contributed by atoms with E-state index in [4.69, 9.17) is 9.47 Å². The lowest BCUT2D eigenvalue weighted by Crippen LogP contribution is -2.48. The molecule has 12 heteroatoms. The summed E-state index contributed by atoms with van der Waals surface area (Å²) in [7, 11) is 2.96. The first-order chi connectivity index (χ1) is 17.2. The third-order valence-corrected chi connectivity index (χ3v) is 6.42. The summed E-state index contributed by atoms with van der Waals surface area (Å²) in [5, 5.41) is 4.49. The average Bonchev–Trinajstić information content (AvgIpc) is 3.36. The Bertz CT molecular complexity index is 1230. The minimum absolute atomic E-state index is 0.186. The van der Waals surface area contributed by atoms with Crippen LogP contribution in [0.2, 0.25) is 0 Å². The first-order valence-corrected chi connectivity index (χ1v) is 11.8. The number of rotatable bonds is 6. The largest absolute Gasteiger partial charge is 0.497 e. The Balaban J connectivity index is 1.37. The maximum absolute atomic E-state index is 13.0. The van der Waals surface area contributed by atoms with Gasteiger partial charge >= 0.3 is 6.18 Å². The number of methoxy groups -OCH3 is 2. The number of thiazole rings is 1. The van der Waals surface area contributed by atoms with E-state index in [9.17, 15) is 22.8 Å². The van der Waals surface area contributed by atoms with Crippen molar-refractivity contribution in [3.05, 3.63) is 64.7 Å². The van der Waals surface area contributed by atoms with Crippen LogP contribution in [-0.2, 0) is 6.18 Å². The first kappa shape index (κ1) is 25.3. The molecule has 1 aliphatic heterocycles. The summed E-state index contributed by atoms with van der Waals surface area (Å²) in [6, 6.07) is 9.91. The van der Waals surface area contributed by atoms with Crippen LogP contribution in [0.15, 0.2) is 47.8 Å². The number of benzene rings is 2. The predicted molar refractivity (Wildman–Crippen MR) is 129 cm³/mol. The number of hydrogen-bond acceptors (Lipinski definition) is 7. The van der Waals surface area contributed by atoms with Crippen molar-refractivity contribution in [2.45, 2.75) is 6.18 Å². The van der Waals surface area contributed by atoms with E-state index in [0.717, 1.165) is 23.5 Å². The number of hydrogen-bond donors (Lipinski definition) is 1. The fourth-order valence-electron chi connectivity index (χ4n) is 3.75. The van der Waals surface area contributed by atoms with Gasteiger partial charge in [-0.1, -0.05) is 6.07 Å². The second-order valence-electron chi connectivity index (χ2n) is 7.92. The topological polar surface area (TPSA) is 84.0 Å². The number of piperazine rings is 1. The van der Waals surface area contributed by atoms with Gasteiger partial charge in [-0.2, -0.15) is 13.2 Å². The van der Waals surface area contributed by atoms with Crippen LogP contribution in [-0.4, -0.2) is 62.1 Å². The molecule has 190 valence electrons. The van der Waals surface area contributed by atoms with Gasteiger partial charge in [-0.25, -0.2) is 4.98 Å². The van der Waals surface area contributed by atoms with Crippen molar-refractivity contribution >= 4 is 34.0 Å². The molecule has 4 rings (SSSR count). The lowest BCUT2D eigenvalue weighted by molar-refractivity contribution is -0.137. The van der Waals surface area contributed by atoms with E-state index in [1.807, 2.05) is 4.90 Å². The molecule has 36 heavy (non-hydrogen) atoms. The van der Waals surface area contributed by atoms with E-state index in [1.165, 1.54) is 20.3 Å². The van der Waals surface area contributed by atoms with Crippen LogP contribution in [0, 0.1) is 0 Å². The second-order valence-corrected chi connectivity index (χ2v) is 8.78. The Morgan fingerprint density at radius 2 is 1.67 bits per heavy atom. The lowest BCUT2D eigenvalue weighted by Gasteiger charge is -2.36. The highest BCUT2D eigenvalue weighted by Gasteiger charge is 2.31. The molecule has 0 spiro atoms. The highest BCUT2D eigenvalue weighted by molar-refractivity contribution is 7.14. The van der Waals surface area contributed by atoms with Gasteiger partial charge in [0.05, 0.1) is 19.8 Å². The number of carbonyl (C=O) groups excluding carboxylic acids is 2. The Labute approximate surface area is 209 Å². The molecule has 1 N–H and O–H groups in total. The van der Waals surface area contributed by atoms with E-state index >= 15 is 0 Å². The first-order valence-electron chi connectivity index (χ1n) is 10.9. The Hall–Kier alpha value is -3.80. The van der Waals surface area contributed by atoms with Gasteiger partial charge < -0.3 is 19.3 Å². The molecule has 0 bridgehead atoms. The number of carbonyl (C=O) groups is 2. The predicted octanol–water partition coefficient (Wildman–Crippen LogP) is 4.39. The van der Waals surface area contributed by atoms with Gasteiger partial charge in [-0.05, 0) is 30.3 Å². The molecule has 2 heterocycles. The number of nitrogens with zero attached hydrogens (tertiary/aromatic N) is 3. The number of ether oxygens (including phenoxy) is 2. The minimum atomic E-state index is -4.41.